The van der Waals surface area contributed by atoms with Crippen molar-refractivity contribution in [3.63, 3.8) is 0 Å². The zero-order valence-corrected chi connectivity index (χ0v) is 12.8. The third-order valence-electron chi connectivity index (χ3n) is 2.53. The van der Waals surface area contributed by atoms with Gasteiger partial charge in [0, 0.05) is 0 Å². The average Bonchev–Trinajstić information content (AvgIpc) is 2.91. The van der Waals surface area contributed by atoms with Crippen LogP contribution in [0.3, 0.4) is 0 Å². The van der Waals surface area contributed by atoms with Gasteiger partial charge in [0.2, 0.25) is 5.16 Å². The summed E-state index contributed by atoms with van der Waals surface area (Å²) in [6.45, 7) is 1.28. The summed E-state index contributed by atoms with van der Waals surface area (Å²) in [5, 5.41) is 24.6. The van der Waals surface area contributed by atoms with Crippen LogP contribution in [0.2, 0.25) is 0 Å². The molecule has 0 spiro atoms. The van der Waals surface area contributed by atoms with E-state index in [4.69, 9.17) is 9.84 Å². The predicted octanol–water partition coefficient (Wildman–Crippen LogP) is 1.79. The number of aryl methyl sites for hydroxylation is 1. The Labute approximate surface area is 135 Å². The summed E-state index contributed by atoms with van der Waals surface area (Å²) in [6, 6.07) is 6.39. The van der Waals surface area contributed by atoms with Crippen molar-refractivity contribution in [1.29, 1.82) is 0 Å². The van der Waals surface area contributed by atoms with Crippen LogP contribution in [-0.4, -0.2) is 43.9 Å². The first kappa shape index (κ1) is 16.6. The van der Waals surface area contributed by atoms with Crippen LogP contribution in [0.15, 0.2) is 34.3 Å². The van der Waals surface area contributed by atoms with Gasteiger partial charge in [0.15, 0.2) is 6.61 Å². The number of rotatable bonds is 7. The van der Waals surface area contributed by atoms with E-state index in [1.54, 1.807) is 31.2 Å². The van der Waals surface area contributed by atoms with Crippen LogP contribution >= 0.6 is 11.8 Å². The minimum atomic E-state index is -1.09. The lowest BCUT2D eigenvalue weighted by atomic mass is 10.2. The molecule has 0 radical (unpaired) electrons. The topological polar surface area (TPSA) is 125 Å². The third-order valence-corrected chi connectivity index (χ3v) is 3.41. The molecule has 0 aliphatic heterocycles. The number of hydrogen-bond acceptors (Lipinski definition) is 6. The van der Waals surface area contributed by atoms with Gasteiger partial charge in [0.25, 0.3) is 0 Å². The second-order valence-electron chi connectivity index (χ2n) is 4.37. The Kier molecular flexibility index (Phi) is 5.36. The standard InChI is InChI=1S/C14H13N3O5S/c1-8-15-14(17-16-8)23-11(13(20)21)6-9-2-4-10(5-3-9)22-7-12(18)19/h2-6H,7H2,1H3,(H,18,19)(H,20,21)(H,15,16,17)/b11-6+. The summed E-state index contributed by atoms with van der Waals surface area (Å²) >= 11 is 0.930. The highest BCUT2D eigenvalue weighted by atomic mass is 32.2. The van der Waals surface area contributed by atoms with Gasteiger partial charge in [-0.25, -0.2) is 14.6 Å². The van der Waals surface area contributed by atoms with E-state index in [0.29, 0.717) is 22.3 Å². The van der Waals surface area contributed by atoms with Crippen molar-refractivity contribution in [1.82, 2.24) is 15.2 Å². The number of ether oxygens (including phenoxy) is 1. The van der Waals surface area contributed by atoms with Crippen LogP contribution in [0.4, 0.5) is 0 Å². The molecule has 0 atom stereocenters. The van der Waals surface area contributed by atoms with Crippen molar-refractivity contribution in [3.05, 3.63) is 40.6 Å². The van der Waals surface area contributed by atoms with Crippen LogP contribution < -0.4 is 4.74 Å². The molecule has 3 N–H and O–H groups in total. The normalized spacial score (nSPS) is 11.3. The molecule has 2 rings (SSSR count). The van der Waals surface area contributed by atoms with Crippen LogP contribution in [-0.2, 0) is 9.59 Å². The van der Waals surface area contributed by atoms with Crippen LogP contribution in [0.1, 0.15) is 11.4 Å². The SMILES string of the molecule is Cc1nc(S/C(=C/c2ccc(OCC(=O)O)cc2)C(=O)O)n[nH]1. The van der Waals surface area contributed by atoms with Gasteiger partial charge in [-0.3, -0.25) is 5.10 Å². The number of thioether (sulfide) groups is 1. The summed E-state index contributed by atoms with van der Waals surface area (Å²) in [4.78, 5) is 25.8. The van der Waals surface area contributed by atoms with Gasteiger partial charge >= 0.3 is 11.9 Å². The number of aromatic nitrogens is 3. The number of carbonyl (C=O) groups is 2. The average molecular weight is 335 g/mol. The van der Waals surface area contributed by atoms with Crippen molar-refractivity contribution in [2.45, 2.75) is 12.1 Å². The molecule has 1 aromatic heterocycles. The van der Waals surface area contributed by atoms with Crippen molar-refractivity contribution >= 4 is 29.8 Å². The molecule has 120 valence electrons. The quantitative estimate of drug-likeness (QED) is 0.516. The maximum absolute atomic E-state index is 11.3. The van der Waals surface area contributed by atoms with Crippen LogP contribution in [0, 0.1) is 6.92 Å². The zero-order chi connectivity index (χ0) is 16.8. The van der Waals surface area contributed by atoms with Gasteiger partial charge in [-0.1, -0.05) is 12.1 Å². The molecule has 0 saturated carbocycles. The van der Waals surface area contributed by atoms with Crippen LogP contribution in [0.25, 0.3) is 6.08 Å². The lowest BCUT2D eigenvalue weighted by Gasteiger charge is -2.04. The van der Waals surface area contributed by atoms with E-state index in [1.807, 2.05) is 0 Å². The number of nitrogens with zero attached hydrogens (tertiary/aromatic N) is 2. The first-order valence-electron chi connectivity index (χ1n) is 6.40. The maximum atomic E-state index is 11.3. The number of carboxylic acid groups (broad SMARTS) is 2. The molecule has 9 heteroatoms. The minimum absolute atomic E-state index is 0.0585. The Balaban J connectivity index is 2.12. The van der Waals surface area contributed by atoms with E-state index < -0.39 is 18.5 Å². The van der Waals surface area contributed by atoms with Crippen molar-refractivity contribution in [3.8, 4) is 5.75 Å². The third kappa shape index (κ3) is 5.15. The molecule has 0 aliphatic carbocycles. The summed E-state index contributed by atoms with van der Waals surface area (Å²) < 4.78 is 5.01. The predicted molar refractivity (Wildman–Crippen MR) is 82.2 cm³/mol. The summed E-state index contributed by atoms with van der Waals surface area (Å²) in [5.41, 5.74) is 0.629. The Bertz CT molecular complexity index is 739. The van der Waals surface area contributed by atoms with Gasteiger partial charge in [-0.2, -0.15) is 0 Å². The van der Waals surface area contributed by atoms with Gasteiger partial charge in [0.05, 0.1) is 0 Å². The van der Waals surface area contributed by atoms with Gasteiger partial charge < -0.3 is 14.9 Å². The Morgan fingerprint density at radius 2 is 2.00 bits per heavy atom. The van der Waals surface area contributed by atoms with E-state index in [0.717, 1.165) is 11.8 Å². The fourth-order valence-corrected chi connectivity index (χ4v) is 2.31. The highest BCUT2D eigenvalue weighted by Crippen LogP contribution is 2.26. The summed E-state index contributed by atoms with van der Waals surface area (Å²) in [7, 11) is 0. The van der Waals surface area contributed by atoms with Gasteiger partial charge in [-0.15, -0.1) is 5.10 Å². The number of benzene rings is 1. The maximum Gasteiger partial charge on any atom is 0.342 e. The van der Waals surface area contributed by atoms with Gasteiger partial charge in [0.1, 0.15) is 16.5 Å². The molecule has 8 nitrogen and oxygen atoms in total. The molecule has 0 bridgehead atoms. The van der Waals surface area contributed by atoms with E-state index in [1.165, 1.54) is 6.08 Å². The van der Waals surface area contributed by atoms with Crippen molar-refractivity contribution < 1.29 is 24.5 Å². The molecule has 2 aromatic rings. The molecule has 0 amide bonds. The number of hydrogen-bond donors (Lipinski definition) is 3. The van der Waals surface area contributed by atoms with E-state index in [9.17, 15) is 14.7 Å². The van der Waals surface area contributed by atoms with Crippen molar-refractivity contribution in [2.24, 2.45) is 0 Å². The van der Waals surface area contributed by atoms with E-state index in [-0.39, 0.29) is 4.91 Å². The summed E-state index contributed by atoms with van der Waals surface area (Å²) in [5.74, 6) is -1.18. The largest absolute Gasteiger partial charge is 0.482 e. The Morgan fingerprint density at radius 3 is 2.52 bits per heavy atom. The second kappa shape index (κ2) is 7.45. The smallest absolute Gasteiger partial charge is 0.342 e. The zero-order valence-electron chi connectivity index (χ0n) is 12.0. The molecule has 0 saturated heterocycles. The first-order chi connectivity index (χ1) is 10.9. The second-order valence-corrected chi connectivity index (χ2v) is 5.38. The lowest BCUT2D eigenvalue weighted by Crippen LogP contribution is -2.09. The molecule has 1 heterocycles. The Morgan fingerprint density at radius 1 is 1.30 bits per heavy atom. The minimum Gasteiger partial charge on any atom is -0.482 e. The number of H-pyrrole nitrogens is 1. The number of nitrogens with one attached hydrogen (secondary N) is 1. The van der Waals surface area contributed by atoms with Gasteiger partial charge in [-0.05, 0) is 42.5 Å². The summed E-state index contributed by atoms with van der Waals surface area (Å²) in [6.07, 6.45) is 1.47. The monoisotopic (exact) mass is 335 g/mol. The molecule has 23 heavy (non-hydrogen) atoms. The number of aromatic amines is 1. The molecule has 0 unspecified atom stereocenters. The highest BCUT2D eigenvalue weighted by molar-refractivity contribution is 8.04. The van der Waals surface area contributed by atoms with Crippen molar-refractivity contribution in [2.75, 3.05) is 6.61 Å². The highest BCUT2D eigenvalue weighted by Gasteiger charge is 2.13. The fraction of sp³-hybridized carbons (Fsp3) is 0.143. The Hall–Kier alpha value is -2.81. The molecular formula is C14H13N3O5S. The van der Waals surface area contributed by atoms with E-state index in [2.05, 4.69) is 15.2 Å². The fourth-order valence-electron chi connectivity index (χ4n) is 1.56. The number of aliphatic carboxylic acids is 2. The molecule has 1 aromatic carbocycles. The van der Waals surface area contributed by atoms with E-state index >= 15 is 0 Å². The number of carboxylic acids is 2. The molecule has 0 fully saturated rings. The molecule has 0 aliphatic rings. The first-order valence-corrected chi connectivity index (χ1v) is 7.22. The van der Waals surface area contributed by atoms with Crippen LogP contribution in [0.5, 0.6) is 5.75 Å². The molecular weight excluding hydrogens is 322 g/mol. The lowest BCUT2D eigenvalue weighted by molar-refractivity contribution is -0.139.